The molecule has 3 nitrogen and oxygen atoms in total. The van der Waals surface area contributed by atoms with Crippen molar-refractivity contribution in [3.8, 4) is 0 Å². The number of rotatable bonds is 5. The number of hydrogen-bond donors (Lipinski definition) is 1. The van der Waals surface area contributed by atoms with Crippen molar-refractivity contribution in [1.29, 1.82) is 0 Å². The Morgan fingerprint density at radius 1 is 1.07 bits per heavy atom. The van der Waals surface area contributed by atoms with E-state index in [1.54, 1.807) is 0 Å². The van der Waals surface area contributed by atoms with Crippen LogP contribution < -0.4 is 10.2 Å². The second-order valence-electron chi connectivity index (χ2n) is 8.32. The first-order valence-electron chi connectivity index (χ1n) is 10.5. The van der Waals surface area contributed by atoms with Gasteiger partial charge in [0, 0.05) is 29.7 Å². The Labute approximate surface area is 176 Å². The van der Waals surface area contributed by atoms with Gasteiger partial charge in [0.15, 0.2) is 0 Å². The molecule has 1 aliphatic carbocycles. The molecule has 0 radical (unpaired) electrons. The van der Waals surface area contributed by atoms with Crippen molar-refractivity contribution < 1.29 is 4.79 Å². The first-order valence-corrected chi connectivity index (χ1v) is 11.3. The third kappa shape index (κ3) is 4.96. The number of nitrogens with zero attached hydrogens (tertiary/aromatic N) is 1. The molecule has 148 valence electrons. The molecular formula is C24H29BrN2O. The van der Waals surface area contributed by atoms with Crippen LogP contribution in [-0.2, 0) is 17.8 Å². The van der Waals surface area contributed by atoms with Crippen LogP contribution in [-0.4, -0.2) is 18.5 Å². The zero-order valence-corrected chi connectivity index (χ0v) is 18.0. The molecule has 1 N–H and O–H groups in total. The standard InChI is InChI=1S/C24H29BrN2O/c25-21-11-12-23-20(14-21)15-22(17-27(23)16-19-9-5-2-6-10-19)26-24(28)13-18-7-3-1-4-8-18/h2,5-6,9-12,14,18,22H,1,3-4,7-8,13,15-17H2,(H,26,28)/t22-/m1/s1. The van der Waals surface area contributed by atoms with Gasteiger partial charge in [-0.25, -0.2) is 0 Å². The molecule has 1 heterocycles. The average molecular weight is 441 g/mol. The summed E-state index contributed by atoms with van der Waals surface area (Å²) >= 11 is 3.61. The lowest BCUT2D eigenvalue weighted by atomic mass is 9.86. The maximum absolute atomic E-state index is 12.7. The van der Waals surface area contributed by atoms with Gasteiger partial charge in [-0.15, -0.1) is 0 Å². The molecule has 2 aliphatic rings. The molecule has 28 heavy (non-hydrogen) atoms. The molecule has 2 aromatic carbocycles. The summed E-state index contributed by atoms with van der Waals surface area (Å²) in [6.45, 7) is 1.73. The highest BCUT2D eigenvalue weighted by molar-refractivity contribution is 9.10. The van der Waals surface area contributed by atoms with Gasteiger partial charge >= 0.3 is 0 Å². The van der Waals surface area contributed by atoms with Crippen LogP contribution in [0.15, 0.2) is 53.0 Å². The van der Waals surface area contributed by atoms with E-state index in [9.17, 15) is 4.79 Å². The van der Waals surface area contributed by atoms with Crippen molar-refractivity contribution in [3.63, 3.8) is 0 Å². The van der Waals surface area contributed by atoms with Crippen molar-refractivity contribution in [2.24, 2.45) is 5.92 Å². The lowest BCUT2D eigenvalue weighted by Crippen LogP contribution is -2.48. The number of carbonyl (C=O) groups excluding carboxylic acids is 1. The number of halogens is 1. The zero-order valence-electron chi connectivity index (χ0n) is 16.4. The molecule has 1 saturated carbocycles. The van der Waals surface area contributed by atoms with Crippen LogP contribution >= 0.6 is 15.9 Å². The van der Waals surface area contributed by atoms with Gasteiger partial charge in [-0.1, -0.05) is 65.5 Å². The summed E-state index contributed by atoms with van der Waals surface area (Å²) in [6.07, 6.45) is 7.93. The van der Waals surface area contributed by atoms with Gasteiger partial charge in [0.2, 0.25) is 5.91 Å². The smallest absolute Gasteiger partial charge is 0.220 e. The van der Waals surface area contributed by atoms with E-state index in [-0.39, 0.29) is 11.9 Å². The predicted molar refractivity (Wildman–Crippen MR) is 118 cm³/mol. The largest absolute Gasteiger partial charge is 0.365 e. The monoisotopic (exact) mass is 440 g/mol. The molecule has 1 amide bonds. The summed E-state index contributed by atoms with van der Waals surface area (Å²) in [4.78, 5) is 15.1. The number of fused-ring (bicyclic) bond motifs is 1. The third-order valence-electron chi connectivity index (χ3n) is 6.07. The fraction of sp³-hybridized carbons (Fsp3) is 0.458. The molecule has 0 spiro atoms. The number of anilines is 1. The second-order valence-corrected chi connectivity index (χ2v) is 9.23. The number of hydrogen-bond acceptors (Lipinski definition) is 2. The van der Waals surface area contributed by atoms with E-state index in [0.29, 0.717) is 12.3 Å². The highest BCUT2D eigenvalue weighted by Crippen LogP contribution is 2.31. The van der Waals surface area contributed by atoms with E-state index in [4.69, 9.17) is 0 Å². The van der Waals surface area contributed by atoms with Gasteiger partial charge in [-0.3, -0.25) is 4.79 Å². The van der Waals surface area contributed by atoms with Crippen LogP contribution in [0, 0.1) is 5.92 Å². The van der Waals surface area contributed by atoms with E-state index in [0.717, 1.165) is 24.0 Å². The molecule has 4 rings (SSSR count). The Morgan fingerprint density at radius 2 is 1.86 bits per heavy atom. The van der Waals surface area contributed by atoms with Gasteiger partial charge in [-0.05, 0) is 54.5 Å². The molecule has 0 aromatic heterocycles. The normalized spacial score (nSPS) is 19.9. The Bertz CT molecular complexity index is 802. The highest BCUT2D eigenvalue weighted by atomic mass is 79.9. The van der Waals surface area contributed by atoms with Gasteiger partial charge in [-0.2, -0.15) is 0 Å². The summed E-state index contributed by atoms with van der Waals surface area (Å²) < 4.78 is 1.10. The number of carbonyl (C=O) groups is 1. The zero-order chi connectivity index (χ0) is 19.3. The fourth-order valence-corrected chi connectivity index (χ4v) is 5.12. The van der Waals surface area contributed by atoms with Crippen LogP contribution in [0.2, 0.25) is 0 Å². The van der Waals surface area contributed by atoms with Gasteiger partial charge < -0.3 is 10.2 Å². The molecule has 0 bridgehead atoms. The van der Waals surface area contributed by atoms with E-state index >= 15 is 0 Å². The van der Waals surface area contributed by atoms with Crippen LogP contribution in [0.3, 0.4) is 0 Å². The summed E-state index contributed by atoms with van der Waals surface area (Å²) in [6, 6.07) is 17.2. The van der Waals surface area contributed by atoms with Crippen LogP contribution in [0.4, 0.5) is 5.69 Å². The summed E-state index contributed by atoms with van der Waals surface area (Å²) in [7, 11) is 0. The van der Waals surface area contributed by atoms with Gasteiger partial charge in [0.05, 0.1) is 6.04 Å². The topological polar surface area (TPSA) is 32.3 Å². The molecule has 1 fully saturated rings. The van der Waals surface area contributed by atoms with Crippen molar-refractivity contribution in [2.75, 3.05) is 11.4 Å². The summed E-state index contributed by atoms with van der Waals surface area (Å²) in [5.41, 5.74) is 3.88. The quantitative estimate of drug-likeness (QED) is 0.668. The SMILES string of the molecule is O=C(CC1CCCCC1)N[C@@H]1Cc2cc(Br)ccc2N(Cc2ccccc2)C1. The van der Waals surface area contributed by atoms with E-state index in [2.05, 4.69) is 74.7 Å². The minimum Gasteiger partial charge on any atom is -0.365 e. The molecule has 1 aliphatic heterocycles. The lowest BCUT2D eigenvalue weighted by Gasteiger charge is -2.37. The maximum Gasteiger partial charge on any atom is 0.220 e. The van der Waals surface area contributed by atoms with Crippen molar-refractivity contribution >= 4 is 27.5 Å². The second kappa shape index (κ2) is 9.13. The fourth-order valence-electron chi connectivity index (χ4n) is 4.71. The lowest BCUT2D eigenvalue weighted by molar-refractivity contribution is -0.122. The molecule has 4 heteroatoms. The number of nitrogens with one attached hydrogen (secondary N) is 1. The van der Waals surface area contributed by atoms with Crippen LogP contribution in [0.1, 0.15) is 49.7 Å². The Hall–Kier alpha value is -1.81. The van der Waals surface area contributed by atoms with Crippen molar-refractivity contribution in [2.45, 2.75) is 57.5 Å². The van der Waals surface area contributed by atoms with E-state index in [1.165, 1.54) is 48.9 Å². The summed E-state index contributed by atoms with van der Waals surface area (Å²) in [5, 5.41) is 3.35. The van der Waals surface area contributed by atoms with Crippen molar-refractivity contribution in [3.05, 3.63) is 64.1 Å². The Balaban J connectivity index is 1.46. The van der Waals surface area contributed by atoms with Crippen molar-refractivity contribution in [1.82, 2.24) is 5.32 Å². The van der Waals surface area contributed by atoms with Crippen LogP contribution in [0.25, 0.3) is 0 Å². The first kappa shape index (κ1) is 19.5. The Kier molecular flexibility index (Phi) is 6.36. The molecular weight excluding hydrogens is 412 g/mol. The molecule has 1 atom stereocenters. The van der Waals surface area contributed by atoms with E-state index < -0.39 is 0 Å². The minimum atomic E-state index is 0.168. The number of amides is 1. The van der Waals surface area contributed by atoms with Crippen LogP contribution in [0.5, 0.6) is 0 Å². The van der Waals surface area contributed by atoms with Gasteiger partial charge in [0.25, 0.3) is 0 Å². The maximum atomic E-state index is 12.7. The van der Waals surface area contributed by atoms with E-state index in [1.807, 2.05) is 0 Å². The molecule has 2 aromatic rings. The Morgan fingerprint density at radius 3 is 2.64 bits per heavy atom. The average Bonchev–Trinajstić information content (AvgIpc) is 2.69. The minimum absolute atomic E-state index is 0.168. The third-order valence-corrected chi connectivity index (χ3v) is 6.56. The summed E-state index contributed by atoms with van der Waals surface area (Å²) in [5.74, 6) is 0.814. The number of benzene rings is 2. The van der Waals surface area contributed by atoms with Gasteiger partial charge in [0.1, 0.15) is 0 Å². The highest BCUT2D eigenvalue weighted by Gasteiger charge is 2.27. The molecule has 0 unspecified atom stereocenters. The molecule has 0 saturated heterocycles. The predicted octanol–water partition coefficient (Wildman–Crippen LogP) is 5.47. The first-order chi connectivity index (χ1) is 13.7.